The Bertz CT molecular complexity index is 2180. The van der Waals surface area contributed by atoms with Crippen LogP contribution >= 0.6 is 0 Å². The molecule has 1 aromatic heterocycles. The molecule has 0 radical (unpaired) electrons. The zero-order valence-corrected chi connectivity index (χ0v) is 20.6. The van der Waals surface area contributed by atoms with E-state index in [9.17, 15) is 0 Å². The Kier molecular flexibility index (Phi) is 4.55. The van der Waals surface area contributed by atoms with Crippen molar-refractivity contribution in [2.45, 2.75) is 0 Å². The molecule has 2 heteroatoms. The van der Waals surface area contributed by atoms with E-state index in [1.165, 1.54) is 37.7 Å². The van der Waals surface area contributed by atoms with Gasteiger partial charge in [-0.25, -0.2) is 9.97 Å². The Balaban J connectivity index is 1.45. The Morgan fingerprint density at radius 2 is 1.03 bits per heavy atom. The highest BCUT2D eigenvalue weighted by molar-refractivity contribution is 6.25. The van der Waals surface area contributed by atoms with Crippen LogP contribution in [0.15, 0.2) is 133 Å². The maximum absolute atomic E-state index is 5.16. The van der Waals surface area contributed by atoms with Crippen LogP contribution in [0, 0.1) is 0 Å². The van der Waals surface area contributed by atoms with Gasteiger partial charge in [0.05, 0.1) is 11.2 Å². The van der Waals surface area contributed by atoms with Gasteiger partial charge in [-0.05, 0) is 49.2 Å². The number of aromatic nitrogens is 2. The van der Waals surface area contributed by atoms with Crippen LogP contribution in [0.2, 0.25) is 0 Å². The fourth-order valence-electron chi connectivity index (χ4n) is 5.89. The van der Waals surface area contributed by atoms with Crippen LogP contribution in [-0.4, -0.2) is 9.97 Å². The van der Waals surface area contributed by atoms with E-state index in [0.717, 1.165) is 38.9 Å². The van der Waals surface area contributed by atoms with Gasteiger partial charge in [0, 0.05) is 16.5 Å². The third-order valence-electron chi connectivity index (χ3n) is 7.65. The van der Waals surface area contributed by atoms with Crippen molar-refractivity contribution in [3.8, 4) is 22.6 Å². The van der Waals surface area contributed by atoms with Gasteiger partial charge in [-0.2, -0.15) is 0 Å². The summed E-state index contributed by atoms with van der Waals surface area (Å²) in [6.45, 7) is 0. The van der Waals surface area contributed by atoms with E-state index < -0.39 is 0 Å². The second-order valence-corrected chi connectivity index (χ2v) is 9.79. The number of rotatable bonds is 2. The largest absolute Gasteiger partial charge is 0.228 e. The van der Waals surface area contributed by atoms with Crippen LogP contribution in [0.3, 0.4) is 0 Å². The van der Waals surface area contributed by atoms with Crippen LogP contribution in [0.4, 0.5) is 0 Å². The van der Waals surface area contributed by atoms with Crippen molar-refractivity contribution in [3.05, 3.63) is 133 Å². The molecular weight excluding hydrogens is 460 g/mol. The summed E-state index contributed by atoms with van der Waals surface area (Å²) in [5.74, 6) is 0.748. The molecule has 2 nitrogen and oxygen atoms in total. The molecule has 0 aliphatic rings. The van der Waals surface area contributed by atoms with E-state index in [2.05, 4.69) is 121 Å². The molecule has 8 aromatic rings. The summed E-state index contributed by atoms with van der Waals surface area (Å²) in [7, 11) is 0. The maximum Gasteiger partial charge on any atom is 0.161 e. The first-order valence-corrected chi connectivity index (χ1v) is 12.9. The van der Waals surface area contributed by atoms with Gasteiger partial charge in [-0.15, -0.1) is 0 Å². The van der Waals surface area contributed by atoms with E-state index in [4.69, 9.17) is 9.97 Å². The fourth-order valence-corrected chi connectivity index (χ4v) is 5.89. The summed E-state index contributed by atoms with van der Waals surface area (Å²) < 4.78 is 0. The molecule has 8 rings (SSSR count). The van der Waals surface area contributed by atoms with Crippen molar-refractivity contribution >= 4 is 54.0 Å². The van der Waals surface area contributed by atoms with Crippen molar-refractivity contribution in [3.63, 3.8) is 0 Å². The third-order valence-corrected chi connectivity index (χ3v) is 7.65. The van der Waals surface area contributed by atoms with Crippen molar-refractivity contribution in [1.82, 2.24) is 9.97 Å². The Hall–Kier alpha value is -5.08. The first kappa shape index (κ1) is 21.0. The van der Waals surface area contributed by atoms with Gasteiger partial charge in [0.2, 0.25) is 0 Å². The highest BCUT2D eigenvalue weighted by Crippen LogP contribution is 2.39. The first-order chi connectivity index (χ1) is 18.8. The standard InChI is InChI=1S/C36H22N2/c1-2-10-25(11-3-1)35-32-13-6-7-16-33(32)37-36(38-35)31-15-8-14-29-28(31)21-19-24-18-20-27-26-12-5-4-9-23(26)17-22-30(27)34(24)29/h1-22H. The van der Waals surface area contributed by atoms with Crippen LogP contribution < -0.4 is 0 Å². The molecule has 0 N–H and O–H groups in total. The van der Waals surface area contributed by atoms with Gasteiger partial charge < -0.3 is 0 Å². The van der Waals surface area contributed by atoms with Crippen LogP contribution in [0.5, 0.6) is 0 Å². The lowest BCUT2D eigenvalue weighted by atomic mass is 9.92. The van der Waals surface area contributed by atoms with E-state index in [1.54, 1.807) is 0 Å². The molecule has 176 valence electrons. The van der Waals surface area contributed by atoms with Gasteiger partial charge in [0.25, 0.3) is 0 Å². The van der Waals surface area contributed by atoms with Crippen molar-refractivity contribution in [2.24, 2.45) is 0 Å². The topological polar surface area (TPSA) is 25.8 Å². The van der Waals surface area contributed by atoms with Gasteiger partial charge in [-0.3, -0.25) is 0 Å². The molecule has 0 fully saturated rings. The van der Waals surface area contributed by atoms with Gasteiger partial charge in [0.1, 0.15) is 0 Å². The average molecular weight is 483 g/mol. The molecule has 0 saturated heterocycles. The zero-order chi connectivity index (χ0) is 25.1. The molecule has 0 saturated carbocycles. The third kappa shape index (κ3) is 3.14. The Labute approximate surface area is 219 Å². The molecule has 0 atom stereocenters. The summed E-state index contributed by atoms with van der Waals surface area (Å²) in [6, 6.07) is 47.3. The normalized spacial score (nSPS) is 11.7. The smallest absolute Gasteiger partial charge is 0.161 e. The quantitative estimate of drug-likeness (QED) is 0.229. The van der Waals surface area contributed by atoms with E-state index >= 15 is 0 Å². The summed E-state index contributed by atoms with van der Waals surface area (Å²) >= 11 is 0. The maximum atomic E-state index is 5.16. The number of nitrogens with zero attached hydrogens (tertiary/aromatic N) is 2. The van der Waals surface area contributed by atoms with Crippen LogP contribution in [0.25, 0.3) is 76.6 Å². The molecule has 0 spiro atoms. The van der Waals surface area contributed by atoms with Crippen molar-refractivity contribution in [2.75, 3.05) is 0 Å². The number of para-hydroxylation sites is 1. The lowest BCUT2D eigenvalue weighted by molar-refractivity contribution is 1.23. The molecule has 0 amide bonds. The number of hydrogen-bond acceptors (Lipinski definition) is 2. The first-order valence-electron chi connectivity index (χ1n) is 12.9. The van der Waals surface area contributed by atoms with E-state index in [1.807, 2.05) is 12.1 Å². The highest BCUT2D eigenvalue weighted by Gasteiger charge is 2.15. The second-order valence-electron chi connectivity index (χ2n) is 9.79. The predicted molar refractivity (Wildman–Crippen MR) is 160 cm³/mol. The molecule has 0 bridgehead atoms. The Morgan fingerprint density at radius 1 is 0.368 bits per heavy atom. The summed E-state index contributed by atoms with van der Waals surface area (Å²) in [6.07, 6.45) is 0. The SMILES string of the molecule is c1ccc(-c2nc(-c3cccc4c3ccc3ccc5c6ccccc6ccc5c34)nc3ccccc23)cc1. The van der Waals surface area contributed by atoms with Crippen molar-refractivity contribution < 1.29 is 0 Å². The van der Waals surface area contributed by atoms with E-state index in [-0.39, 0.29) is 0 Å². The van der Waals surface area contributed by atoms with E-state index in [0.29, 0.717) is 0 Å². The predicted octanol–water partition coefficient (Wildman–Crippen LogP) is 9.58. The van der Waals surface area contributed by atoms with Crippen LogP contribution in [-0.2, 0) is 0 Å². The van der Waals surface area contributed by atoms with Gasteiger partial charge >= 0.3 is 0 Å². The zero-order valence-electron chi connectivity index (χ0n) is 20.6. The molecular formula is C36H22N2. The number of hydrogen-bond donors (Lipinski definition) is 0. The summed E-state index contributed by atoms with van der Waals surface area (Å²) in [4.78, 5) is 10.2. The number of fused-ring (bicyclic) bond motifs is 8. The summed E-state index contributed by atoms with van der Waals surface area (Å²) in [5.41, 5.74) is 4.05. The highest BCUT2D eigenvalue weighted by atomic mass is 14.9. The minimum atomic E-state index is 0.748. The fraction of sp³-hybridized carbons (Fsp3) is 0. The van der Waals surface area contributed by atoms with Crippen LogP contribution in [0.1, 0.15) is 0 Å². The van der Waals surface area contributed by atoms with Crippen molar-refractivity contribution in [1.29, 1.82) is 0 Å². The molecule has 7 aromatic carbocycles. The lowest BCUT2D eigenvalue weighted by Gasteiger charge is -2.14. The monoisotopic (exact) mass is 482 g/mol. The molecule has 0 aliphatic carbocycles. The second kappa shape index (κ2) is 8.22. The minimum absolute atomic E-state index is 0.748. The number of benzene rings is 7. The molecule has 38 heavy (non-hydrogen) atoms. The minimum Gasteiger partial charge on any atom is -0.228 e. The molecule has 0 unspecified atom stereocenters. The summed E-state index contributed by atoms with van der Waals surface area (Å²) in [5, 5.41) is 11.1. The van der Waals surface area contributed by atoms with Gasteiger partial charge in [-0.1, -0.05) is 127 Å². The molecule has 1 heterocycles. The molecule has 0 aliphatic heterocycles. The average Bonchev–Trinajstić information content (AvgIpc) is 3.00. The lowest BCUT2D eigenvalue weighted by Crippen LogP contribution is -1.96. The Morgan fingerprint density at radius 3 is 1.92 bits per heavy atom. The van der Waals surface area contributed by atoms with Gasteiger partial charge in [0.15, 0.2) is 5.82 Å².